The summed E-state index contributed by atoms with van der Waals surface area (Å²) in [5, 5.41) is 0. The molecular formula is C8H10FNO. The Kier molecular flexibility index (Phi) is 2.86. The molecule has 0 atom stereocenters. The van der Waals surface area contributed by atoms with E-state index in [1.807, 2.05) is 0 Å². The molecule has 0 spiro atoms. The Balaban J connectivity index is 2.32. The summed E-state index contributed by atoms with van der Waals surface area (Å²) in [5.74, 6) is -0.262. The van der Waals surface area contributed by atoms with Gasteiger partial charge in [0.25, 0.3) is 0 Å². The Hall–Kier alpha value is -1.09. The van der Waals surface area contributed by atoms with Gasteiger partial charge >= 0.3 is 0 Å². The van der Waals surface area contributed by atoms with Crippen LogP contribution in [0.2, 0.25) is 0 Å². The normalized spacial score (nSPS) is 9.91. The third-order valence-corrected chi connectivity index (χ3v) is 1.20. The molecule has 3 heteroatoms. The van der Waals surface area contributed by atoms with E-state index < -0.39 is 0 Å². The van der Waals surface area contributed by atoms with Crippen LogP contribution in [0.1, 0.15) is 5.69 Å². The maximum atomic E-state index is 12.3. The van der Waals surface area contributed by atoms with Gasteiger partial charge in [0.05, 0.1) is 13.2 Å². The molecule has 0 bridgehead atoms. The Morgan fingerprint density at radius 1 is 1.73 bits per heavy atom. The summed E-state index contributed by atoms with van der Waals surface area (Å²) in [6.45, 7) is 4.37. The second kappa shape index (κ2) is 3.93. The summed E-state index contributed by atoms with van der Waals surface area (Å²) in [4.78, 5) is 2.73. The lowest BCUT2D eigenvalue weighted by Gasteiger charge is -1.96. The minimum Gasteiger partial charge on any atom is -0.371 e. The van der Waals surface area contributed by atoms with E-state index in [9.17, 15) is 4.39 Å². The second-order valence-electron chi connectivity index (χ2n) is 2.15. The fourth-order valence-corrected chi connectivity index (χ4v) is 0.747. The highest BCUT2D eigenvalue weighted by Gasteiger charge is 1.95. The van der Waals surface area contributed by atoms with Crippen LogP contribution >= 0.6 is 0 Å². The highest BCUT2D eigenvalue weighted by Crippen LogP contribution is 2.01. The molecule has 0 saturated carbocycles. The Morgan fingerprint density at radius 2 is 2.55 bits per heavy atom. The summed E-state index contributed by atoms with van der Waals surface area (Å²) in [5.41, 5.74) is 0.740. The highest BCUT2D eigenvalue weighted by atomic mass is 19.1. The van der Waals surface area contributed by atoms with Crippen LogP contribution in [0.25, 0.3) is 0 Å². The summed E-state index contributed by atoms with van der Waals surface area (Å²) in [6, 6.07) is 1.41. The Morgan fingerprint density at radius 3 is 3.09 bits per heavy atom. The van der Waals surface area contributed by atoms with Crippen molar-refractivity contribution in [2.24, 2.45) is 0 Å². The SMILES string of the molecule is C=CCOCc1cc(F)c[nH]1. The third-order valence-electron chi connectivity index (χ3n) is 1.20. The number of hydrogen-bond donors (Lipinski definition) is 1. The maximum absolute atomic E-state index is 12.3. The van der Waals surface area contributed by atoms with Gasteiger partial charge in [-0.15, -0.1) is 6.58 Å². The van der Waals surface area contributed by atoms with Gasteiger partial charge in [-0.05, 0) is 6.07 Å². The lowest BCUT2D eigenvalue weighted by Crippen LogP contribution is -1.91. The van der Waals surface area contributed by atoms with Gasteiger partial charge in [0.1, 0.15) is 5.82 Å². The molecule has 0 aliphatic rings. The minimum absolute atomic E-state index is 0.262. The molecule has 60 valence electrons. The number of hydrogen-bond acceptors (Lipinski definition) is 1. The smallest absolute Gasteiger partial charge is 0.140 e. The van der Waals surface area contributed by atoms with Gasteiger partial charge in [-0.25, -0.2) is 4.39 Å². The first-order chi connectivity index (χ1) is 5.33. The molecule has 2 nitrogen and oxygen atoms in total. The number of halogens is 1. The molecule has 0 amide bonds. The maximum Gasteiger partial charge on any atom is 0.140 e. The van der Waals surface area contributed by atoms with E-state index in [0.29, 0.717) is 13.2 Å². The molecule has 11 heavy (non-hydrogen) atoms. The molecule has 1 N–H and O–H groups in total. The van der Waals surface area contributed by atoms with E-state index in [4.69, 9.17) is 4.74 Å². The second-order valence-corrected chi connectivity index (χ2v) is 2.15. The van der Waals surface area contributed by atoms with Gasteiger partial charge in [-0.1, -0.05) is 6.08 Å². The molecule has 0 saturated heterocycles. The molecule has 0 unspecified atom stereocenters. The van der Waals surface area contributed by atoms with E-state index >= 15 is 0 Å². The van der Waals surface area contributed by atoms with Gasteiger partial charge in [0, 0.05) is 11.9 Å². The average molecular weight is 155 g/mol. The number of aromatic nitrogens is 1. The van der Waals surface area contributed by atoms with Crippen molar-refractivity contribution in [3.05, 3.63) is 36.4 Å². The first-order valence-corrected chi connectivity index (χ1v) is 3.34. The van der Waals surface area contributed by atoms with Crippen molar-refractivity contribution in [1.29, 1.82) is 0 Å². The molecule has 1 aromatic heterocycles. The van der Waals surface area contributed by atoms with E-state index in [0.717, 1.165) is 5.69 Å². The van der Waals surface area contributed by atoms with Crippen molar-refractivity contribution < 1.29 is 9.13 Å². The van der Waals surface area contributed by atoms with Crippen LogP contribution in [0.5, 0.6) is 0 Å². The summed E-state index contributed by atoms with van der Waals surface area (Å²) < 4.78 is 17.4. The van der Waals surface area contributed by atoms with Crippen molar-refractivity contribution in [3.8, 4) is 0 Å². The topological polar surface area (TPSA) is 25.0 Å². The lowest BCUT2D eigenvalue weighted by atomic mass is 10.4. The molecule has 0 radical (unpaired) electrons. The van der Waals surface area contributed by atoms with Crippen LogP contribution in [-0.2, 0) is 11.3 Å². The van der Waals surface area contributed by atoms with Crippen LogP contribution in [0.3, 0.4) is 0 Å². The summed E-state index contributed by atoms with van der Waals surface area (Å²) >= 11 is 0. The standard InChI is InChI=1S/C8H10FNO/c1-2-3-11-6-8-4-7(9)5-10-8/h2,4-5,10H,1,3,6H2. The highest BCUT2D eigenvalue weighted by molar-refractivity contribution is 5.04. The number of rotatable bonds is 4. The van der Waals surface area contributed by atoms with E-state index in [1.165, 1.54) is 12.3 Å². The van der Waals surface area contributed by atoms with Crippen LogP contribution in [0.15, 0.2) is 24.9 Å². The molecule has 1 aromatic rings. The average Bonchev–Trinajstić information content (AvgIpc) is 2.37. The number of nitrogens with one attached hydrogen (secondary N) is 1. The lowest BCUT2D eigenvalue weighted by molar-refractivity contribution is 0.146. The zero-order valence-corrected chi connectivity index (χ0v) is 6.14. The Labute approximate surface area is 64.7 Å². The van der Waals surface area contributed by atoms with Crippen LogP contribution in [-0.4, -0.2) is 11.6 Å². The number of aromatic amines is 1. The summed E-state index contributed by atoms with van der Waals surface area (Å²) in [6.07, 6.45) is 2.95. The fraction of sp³-hybridized carbons (Fsp3) is 0.250. The first kappa shape index (κ1) is 8.01. The van der Waals surface area contributed by atoms with Crippen molar-refractivity contribution in [2.75, 3.05) is 6.61 Å². The molecule has 1 heterocycles. The molecular weight excluding hydrogens is 145 g/mol. The number of ether oxygens (including phenoxy) is 1. The molecule has 1 rings (SSSR count). The van der Waals surface area contributed by atoms with Crippen LogP contribution in [0, 0.1) is 5.82 Å². The number of H-pyrrole nitrogens is 1. The minimum atomic E-state index is -0.262. The van der Waals surface area contributed by atoms with E-state index in [1.54, 1.807) is 6.08 Å². The molecule has 0 aliphatic heterocycles. The zero-order valence-electron chi connectivity index (χ0n) is 6.14. The first-order valence-electron chi connectivity index (χ1n) is 3.34. The van der Waals surface area contributed by atoms with Gasteiger partial charge < -0.3 is 9.72 Å². The molecule has 0 aromatic carbocycles. The molecule has 0 aliphatic carbocycles. The van der Waals surface area contributed by atoms with Crippen LogP contribution < -0.4 is 0 Å². The third kappa shape index (κ3) is 2.55. The van der Waals surface area contributed by atoms with E-state index in [-0.39, 0.29) is 5.82 Å². The predicted octanol–water partition coefficient (Wildman–Crippen LogP) is 1.86. The largest absolute Gasteiger partial charge is 0.371 e. The predicted molar refractivity (Wildman–Crippen MR) is 40.6 cm³/mol. The zero-order chi connectivity index (χ0) is 8.10. The van der Waals surface area contributed by atoms with Gasteiger partial charge in [-0.2, -0.15) is 0 Å². The van der Waals surface area contributed by atoms with Crippen molar-refractivity contribution in [2.45, 2.75) is 6.61 Å². The molecule has 0 fully saturated rings. The van der Waals surface area contributed by atoms with Gasteiger partial charge in [0.2, 0.25) is 0 Å². The van der Waals surface area contributed by atoms with Crippen molar-refractivity contribution in [3.63, 3.8) is 0 Å². The fourth-order valence-electron chi connectivity index (χ4n) is 0.747. The van der Waals surface area contributed by atoms with Crippen molar-refractivity contribution >= 4 is 0 Å². The van der Waals surface area contributed by atoms with Crippen molar-refractivity contribution in [1.82, 2.24) is 4.98 Å². The van der Waals surface area contributed by atoms with Gasteiger partial charge in [-0.3, -0.25) is 0 Å². The summed E-state index contributed by atoms with van der Waals surface area (Å²) in [7, 11) is 0. The van der Waals surface area contributed by atoms with Gasteiger partial charge in [0.15, 0.2) is 0 Å². The van der Waals surface area contributed by atoms with E-state index in [2.05, 4.69) is 11.6 Å². The Bertz CT molecular complexity index is 232. The van der Waals surface area contributed by atoms with Crippen LogP contribution in [0.4, 0.5) is 4.39 Å². The quantitative estimate of drug-likeness (QED) is 0.521. The monoisotopic (exact) mass is 155 g/mol.